The standard InChI is InChI=1S/C13H26N2O2/c1-4-5-8-14-12(17)15-9-13(6-7-13)11(16)10(2)3/h10-11,16H,4-9H2,1-3H3,(H2,14,15,17)/t11-/m1/s1. The van der Waals surface area contributed by atoms with E-state index in [0.717, 1.165) is 32.2 Å². The first kappa shape index (κ1) is 14.3. The highest BCUT2D eigenvalue weighted by Gasteiger charge is 2.49. The molecule has 1 fully saturated rings. The summed E-state index contributed by atoms with van der Waals surface area (Å²) in [7, 11) is 0. The molecule has 0 aliphatic heterocycles. The third-order valence-electron chi connectivity index (χ3n) is 3.57. The van der Waals surface area contributed by atoms with Gasteiger partial charge in [0.05, 0.1) is 6.10 Å². The Balaban J connectivity index is 2.23. The van der Waals surface area contributed by atoms with Gasteiger partial charge in [0.2, 0.25) is 0 Å². The number of hydrogen-bond acceptors (Lipinski definition) is 2. The summed E-state index contributed by atoms with van der Waals surface area (Å²) in [6, 6.07) is -0.110. The van der Waals surface area contributed by atoms with Crippen LogP contribution in [-0.4, -0.2) is 30.3 Å². The quantitative estimate of drug-likeness (QED) is 0.597. The number of amides is 2. The molecule has 17 heavy (non-hydrogen) atoms. The second-order valence-corrected chi connectivity index (χ2v) is 5.51. The molecule has 0 radical (unpaired) electrons. The van der Waals surface area contributed by atoms with Gasteiger partial charge in [-0.2, -0.15) is 0 Å². The zero-order valence-electron chi connectivity index (χ0n) is 11.3. The molecule has 0 aromatic heterocycles. The fourth-order valence-corrected chi connectivity index (χ4v) is 2.14. The normalized spacial score (nSPS) is 18.9. The van der Waals surface area contributed by atoms with E-state index in [9.17, 15) is 9.90 Å². The average molecular weight is 242 g/mol. The first-order valence-electron chi connectivity index (χ1n) is 6.71. The molecule has 1 rings (SSSR count). The molecule has 1 atom stereocenters. The lowest BCUT2D eigenvalue weighted by molar-refractivity contribution is 0.0515. The minimum absolute atomic E-state index is 0.0593. The van der Waals surface area contributed by atoms with Gasteiger partial charge in [-0.25, -0.2) is 4.79 Å². The summed E-state index contributed by atoms with van der Waals surface area (Å²) in [6.07, 6.45) is 3.81. The molecule has 0 spiro atoms. The van der Waals surface area contributed by atoms with E-state index in [1.54, 1.807) is 0 Å². The molecule has 0 aromatic rings. The van der Waals surface area contributed by atoms with Crippen molar-refractivity contribution < 1.29 is 9.90 Å². The molecule has 0 saturated heterocycles. The highest BCUT2D eigenvalue weighted by molar-refractivity contribution is 5.73. The van der Waals surface area contributed by atoms with Crippen molar-refractivity contribution in [2.45, 2.75) is 52.6 Å². The van der Waals surface area contributed by atoms with E-state index in [-0.39, 0.29) is 23.5 Å². The van der Waals surface area contributed by atoms with Gasteiger partial charge in [-0.15, -0.1) is 0 Å². The number of carbonyl (C=O) groups excluding carboxylic acids is 1. The van der Waals surface area contributed by atoms with Crippen LogP contribution in [0.5, 0.6) is 0 Å². The van der Waals surface area contributed by atoms with E-state index in [1.165, 1.54) is 0 Å². The largest absolute Gasteiger partial charge is 0.392 e. The Bertz CT molecular complexity index is 250. The zero-order valence-corrected chi connectivity index (χ0v) is 11.3. The smallest absolute Gasteiger partial charge is 0.314 e. The van der Waals surface area contributed by atoms with Gasteiger partial charge in [-0.1, -0.05) is 27.2 Å². The number of carbonyl (C=O) groups is 1. The Hall–Kier alpha value is -0.770. The first-order valence-corrected chi connectivity index (χ1v) is 6.71. The average Bonchev–Trinajstić information content (AvgIpc) is 3.07. The van der Waals surface area contributed by atoms with Crippen LogP contribution in [0, 0.1) is 11.3 Å². The van der Waals surface area contributed by atoms with Gasteiger partial charge in [0.15, 0.2) is 0 Å². The molecule has 1 aliphatic carbocycles. The van der Waals surface area contributed by atoms with Crippen LogP contribution >= 0.6 is 0 Å². The maximum Gasteiger partial charge on any atom is 0.314 e. The van der Waals surface area contributed by atoms with Gasteiger partial charge in [-0.3, -0.25) is 0 Å². The molecule has 100 valence electrons. The number of nitrogens with one attached hydrogen (secondary N) is 2. The molecule has 1 saturated carbocycles. The summed E-state index contributed by atoms with van der Waals surface area (Å²) in [5, 5.41) is 15.8. The van der Waals surface area contributed by atoms with Crippen molar-refractivity contribution in [2.75, 3.05) is 13.1 Å². The lowest BCUT2D eigenvalue weighted by Crippen LogP contribution is -2.43. The van der Waals surface area contributed by atoms with Crippen molar-refractivity contribution in [1.29, 1.82) is 0 Å². The highest BCUT2D eigenvalue weighted by atomic mass is 16.3. The van der Waals surface area contributed by atoms with Gasteiger partial charge in [0.1, 0.15) is 0 Å². The number of rotatable bonds is 7. The molecule has 0 heterocycles. The van der Waals surface area contributed by atoms with Crippen LogP contribution in [0.4, 0.5) is 4.79 Å². The molecule has 4 heteroatoms. The second kappa shape index (κ2) is 6.24. The zero-order chi connectivity index (χ0) is 12.9. The topological polar surface area (TPSA) is 61.4 Å². The van der Waals surface area contributed by atoms with Gasteiger partial charge in [0.25, 0.3) is 0 Å². The van der Waals surface area contributed by atoms with Crippen LogP contribution in [0.3, 0.4) is 0 Å². The van der Waals surface area contributed by atoms with Crippen molar-refractivity contribution in [3.05, 3.63) is 0 Å². The Morgan fingerprint density at radius 1 is 1.35 bits per heavy atom. The molecular weight excluding hydrogens is 216 g/mol. The fourth-order valence-electron chi connectivity index (χ4n) is 2.14. The van der Waals surface area contributed by atoms with Crippen LogP contribution in [-0.2, 0) is 0 Å². The van der Waals surface area contributed by atoms with Gasteiger partial charge in [0, 0.05) is 18.5 Å². The number of hydrogen-bond donors (Lipinski definition) is 3. The minimum Gasteiger partial charge on any atom is -0.392 e. The number of aliphatic hydroxyl groups is 1. The van der Waals surface area contributed by atoms with E-state index < -0.39 is 0 Å². The maximum atomic E-state index is 11.5. The monoisotopic (exact) mass is 242 g/mol. The van der Waals surface area contributed by atoms with Crippen LogP contribution < -0.4 is 10.6 Å². The Morgan fingerprint density at radius 2 is 2.00 bits per heavy atom. The Labute approximate surface area is 104 Å². The summed E-state index contributed by atoms with van der Waals surface area (Å²) in [4.78, 5) is 11.5. The summed E-state index contributed by atoms with van der Waals surface area (Å²) >= 11 is 0. The van der Waals surface area contributed by atoms with E-state index >= 15 is 0 Å². The van der Waals surface area contributed by atoms with Crippen molar-refractivity contribution in [3.8, 4) is 0 Å². The molecule has 3 N–H and O–H groups in total. The first-order chi connectivity index (χ1) is 8.02. The molecule has 0 unspecified atom stereocenters. The van der Waals surface area contributed by atoms with Gasteiger partial charge in [-0.05, 0) is 25.2 Å². The van der Waals surface area contributed by atoms with E-state index in [2.05, 4.69) is 17.6 Å². The predicted octanol–water partition coefficient (Wildman–Crippen LogP) is 1.88. The van der Waals surface area contributed by atoms with Crippen LogP contribution in [0.1, 0.15) is 46.5 Å². The number of unbranched alkanes of at least 4 members (excludes halogenated alkanes) is 1. The molecule has 2 amide bonds. The highest BCUT2D eigenvalue weighted by Crippen LogP contribution is 2.50. The van der Waals surface area contributed by atoms with Crippen molar-refractivity contribution in [3.63, 3.8) is 0 Å². The summed E-state index contributed by atoms with van der Waals surface area (Å²) in [5.41, 5.74) is -0.0593. The maximum absolute atomic E-state index is 11.5. The molecule has 0 aromatic carbocycles. The number of urea groups is 1. The summed E-state index contributed by atoms with van der Waals surface area (Å²) < 4.78 is 0. The van der Waals surface area contributed by atoms with E-state index in [4.69, 9.17) is 0 Å². The van der Waals surface area contributed by atoms with Gasteiger partial charge < -0.3 is 15.7 Å². The summed E-state index contributed by atoms with van der Waals surface area (Å²) in [5.74, 6) is 0.252. The predicted molar refractivity (Wildman–Crippen MR) is 68.8 cm³/mol. The van der Waals surface area contributed by atoms with Crippen LogP contribution in [0.15, 0.2) is 0 Å². The van der Waals surface area contributed by atoms with Crippen molar-refractivity contribution in [2.24, 2.45) is 11.3 Å². The minimum atomic E-state index is -0.307. The lowest BCUT2D eigenvalue weighted by atomic mass is 9.90. The SMILES string of the molecule is CCCCNC(=O)NCC1([C@H](O)C(C)C)CC1. The molecular formula is C13H26N2O2. The second-order valence-electron chi connectivity index (χ2n) is 5.51. The lowest BCUT2D eigenvalue weighted by Gasteiger charge is -2.25. The Morgan fingerprint density at radius 3 is 2.47 bits per heavy atom. The van der Waals surface area contributed by atoms with E-state index in [1.807, 2.05) is 13.8 Å². The summed E-state index contributed by atoms with van der Waals surface area (Å²) in [6.45, 7) is 7.45. The Kier molecular flexibility index (Phi) is 5.25. The molecule has 4 nitrogen and oxygen atoms in total. The molecule has 1 aliphatic rings. The number of aliphatic hydroxyl groups excluding tert-OH is 1. The van der Waals surface area contributed by atoms with Crippen molar-refractivity contribution >= 4 is 6.03 Å². The third kappa shape index (κ3) is 4.19. The van der Waals surface area contributed by atoms with Crippen molar-refractivity contribution in [1.82, 2.24) is 10.6 Å². The fraction of sp³-hybridized carbons (Fsp3) is 0.923. The molecule has 0 bridgehead atoms. The van der Waals surface area contributed by atoms with Crippen LogP contribution in [0.25, 0.3) is 0 Å². The van der Waals surface area contributed by atoms with E-state index in [0.29, 0.717) is 6.54 Å². The third-order valence-corrected chi connectivity index (χ3v) is 3.57. The van der Waals surface area contributed by atoms with Gasteiger partial charge >= 0.3 is 6.03 Å². The van der Waals surface area contributed by atoms with Crippen LogP contribution in [0.2, 0.25) is 0 Å².